The first-order valence-corrected chi connectivity index (χ1v) is 6.19. The van der Waals surface area contributed by atoms with Gasteiger partial charge in [-0.3, -0.25) is 4.90 Å². The number of morpholine rings is 1. The topological polar surface area (TPSA) is 24.5 Å². The van der Waals surface area contributed by atoms with Gasteiger partial charge in [-0.15, -0.1) is 0 Å². The Balaban J connectivity index is 1.85. The van der Waals surface area contributed by atoms with Crippen LogP contribution in [0.5, 0.6) is 0 Å². The Morgan fingerprint density at radius 3 is 2.87 bits per heavy atom. The average molecular weight is 212 g/mol. The minimum atomic E-state index is 0.0241. The molecule has 0 aromatic rings. The lowest BCUT2D eigenvalue weighted by atomic mass is 10.0. The molecule has 2 atom stereocenters. The van der Waals surface area contributed by atoms with E-state index in [1.165, 1.54) is 25.9 Å². The SMILES string of the molecule is CC1CN(C[C@@H]2CCCN2)CC(C)(C)O1. The summed E-state index contributed by atoms with van der Waals surface area (Å²) in [5, 5.41) is 3.56. The minimum absolute atomic E-state index is 0.0241. The van der Waals surface area contributed by atoms with Crippen LogP contribution in [0.4, 0.5) is 0 Å². The second-order valence-corrected chi connectivity index (χ2v) is 5.68. The van der Waals surface area contributed by atoms with Gasteiger partial charge >= 0.3 is 0 Å². The molecule has 0 amide bonds. The van der Waals surface area contributed by atoms with Crippen molar-refractivity contribution < 1.29 is 4.74 Å². The number of hydrogen-bond acceptors (Lipinski definition) is 3. The molecular formula is C12H24N2O. The molecule has 2 heterocycles. The van der Waals surface area contributed by atoms with Gasteiger partial charge in [0.15, 0.2) is 0 Å². The number of nitrogens with one attached hydrogen (secondary N) is 1. The van der Waals surface area contributed by atoms with Crippen molar-refractivity contribution >= 4 is 0 Å². The van der Waals surface area contributed by atoms with Gasteiger partial charge in [0.25, 0.3) is 0 Å². The summed E-state index contributed by atoms with van der Waals surface area (Å²) in [6, 6.07) is 0.714. The van der Waals surface area contributed by atoms with Crippen LogP contribution in [0.25, 0.3) is 0 Å². The van der Waals surface area contributed by atoms with E-state index >= 15 is 0 Å². The fraction of sp³-hybridized carbons (Fsp3) is 1.00. The highest BCUT2D eigenvalue weighted by Gasteiger charge is 2.32. The van der Waals surface area contributed by atoms with E-state index < -0.39 is 0 Å². The standard InChI is InChI=1S/C12H24N2O/c1-10-7-14(9-12(2,3)15-10)8-11-5-4-6-13-11/h10-11,13H,4-9H2,1-3H3/t10?,11-/m0/s1. The summed E-state index contributed by atoms with van der Waals surface area (Å²) in [7, 11) is 0. The molecule has 0 saturated carbocycles. The van der Waals surface area contributed by atoms with E-state index in [4.69, 9.17) is 4.74 Å². The minimum Gasteiger partial charge on any atom is -0.370 e. The number of rotatable bonds is 2. The van der Waals surface area contributed by atoms with Crippen LogP contribution in [-0.4, -0.2) is 48.8 Å². The van der Waals surface area contributed by atoms with Gasteiger partial charge in [-0.05, 0) is 40.2 Å². The maximum Gasteiger partial charge on any atom is 0.0757 e. The van der Waals surface area contributed by atoms with Crippen LogP contribution >= 0.6 is 0 Å². The van der Waals surface area contributed by atoms with Crippen molar-refractivity contribution in [1.29, 1.82) is 0 Å². The number of hydrogen-bond donors (Lipinski definition) is 1. The second-order valence-electron chi connectivity index (χ2n) is 5.68. The van der Waals surface area contributed by atoms with Crippen LogP contribution < -0.4 is 5.32 Å². The van der Waals surface area contributed by atoms with Crippen LogP contribution in [0, 0.1) is 0 Å². The first-order valence-electron chi connectivity index (χ1n) is 6.19. The molecular weight excluding hydrogens is 188 g/mol. The summed E-state index contributed by atoms with van der Waals surface area (Å²) < 4.78 is 5.91. The Hall–Kier alpha value is -0.120. The van der Waals surface area contributed by atoms with E-state index in [9.17, 15) is 0 Å². The van der Waals surface area contributed by atoms with E-state index in [0.717, 1.165) is 13.1 Å². The number of nitrogens with zero attached hydrogens (tertiary/aromatic N) is 1. The molecule has 15 heavy (non-hydrogen) atoms. The van der Waals surface area contributed by atoms with Crippen molar-refractivity contribution in [3.63, 3.8) is 0 Å². The predicted octanol–water partition coefficient (Wildman–Crippen LogP) is 1.24. The van der Waals surface area contributed by atoms with Crippen LogP contribution in [-0.2, 0) is 4.74 Å². The van der Waals surface area contributed by atoms with Gasteiger partial charge < -0.3 is 10.1 Å². The molecule has 3 heteroatoms. The van der Waals surface area contributed by atoms with Gasteiger partial charge in [-0.25, -0.2) is 0 Å². The third kappa shape index (κ3) is 3.16. The van der Waals surface area contributed by atoms with E-state index in [1.807, 2.05) is 0 Å². The molecule has 2 rings (SSSR count). The molecule has 1 N–H and O–H groups in total. The summed E-state index contributed by atoms with van der Waals surface area (Å²) >= 11 is 0. The van der Waals surface area contributed by atoms with E-state index in [0.29, 0.717) is 12.1 Å². The molecule has 2 saturated heterocycles. The fourth-order valence-electron chi connectivity index (χ4n) is 2.95. The highest BCUT2D eigenvalue weighted by Crippen LogP contribution is 2.21. The van der Waals surface area contributed by atoms with E-state index in [1.54, 1.807) is 0 Å². The zero-order valence-corrected chi connectivity index (χ0v) is 10.3. The monoisotopic (exact) mass is 212 g/mol. The molecule has 0 radical (unpaired) electrons. The molecule has 0 aromatic carbocycles. The highest BCUT2D eigenvalue weighted by atomic mass is 16.5. The average Bonchev–Trinajstić information content (AvgIpc) is 2.52. The normalized spacial score (nSPS) is 37.0. The molecule has 0 spiro atoms. The van der Waals surface area contributed by atoms with Crippen molar-refractivity contribution in [2.75, 3.05) is 26.2 Å². The molecule has 0 aliphatic carbocycles. The lowest BCUT2D eigenvalue weighted by molar-refractivity contribution is -0.129. The quantitative estimate of drug-likeness (QED) is 0.745. The molecule has 2 fully saturated rings. The Labute approximate surface area is 93.2 Å². The lowest BCUT2D eigenvalue weighted by Crippen LogP contribution is -2.54. The molecule has 2 aliphatic rings. The Bertz CT molecular complexity index is 212. The number of ether oxygens (including phenoxy) is 1. The van der Waals surface area contributed by atoms with E-state index in [-0.39, 0.29) is 5.60 Å². The molecule has 0 bridgehead atoms. The van der Waals surface area contributed by atoms with Crippen LogP contribution in [0.3, 0.4) is 0 Å². The third-order valence-electron chi connectivity index (χ3n) is 3.28. The largest absolute Gasteiger partial charge is 0.370 e. The van der Waals surface area contributed by atoms with Gasteiger partial charge in [0.2, 0.25) is 0 Å². The van der Waals surface area contributed by atoms with Gasteiger partial charge in [0, 0.05) is 25.7 Å². The maximum atomic E-state index is 5.91. The van der Waals surface area contributed by atoms with Crippen molar-refractivity contribution in [3.8, 4) is 0 Å². The smallest absolute Gasteiger partial charge is 0.0757 e. The first-order chi connectivity index (χ1) is 7.05. The van der Waals surface area contributed by atoms with Gasteiger partial charge in [-0.2, -0.15) is 0 Å². The summed E-state index contributed by atoms with van der Waals surface area (Å²) in [4.78, 5) is 2.55. The van der Waals surface area contributed by atoms with Crippen molar-refractivity contribution in [3.05, 3.63) is 0 Å². The molecule has 0 aromatic heterocycles. The zero-order chi connectivity index (χ0) is 10.9. The highest BCUT2D eigenvalue weighted by molar-refractivity contribution is 4.86. The summed E-state index contributed by atoms with van der Waals surface area (Å²) in [5.74, 6) is 0. The van der Waals surface area contributed by atoms with Crippen molar-refractivity contribution in [2.24, 2.45) is 0 Å². The summed E-state index contributed by atoms with van der Waals surface area (Å²) in [5.41, 5.74) is 0.0241. The zero-order valence-electron chi connectivity index (χ0n) is 10.3. The van der Waals surface area contributed by atoms with Crippen LogP contribution in [0.2, 0.25) is 0 Å². The lowest BCUT2D eigenvalue weighted by Gasteiger charge is -2.42. The van der Waals surface area contributed by atoms with Gasteiger partial charge in [-0.1, -0.05) is 0 Å². The second kappa shape index (κ2) is 4.40. The van der Waals surface area contributed by atoms with Crippen LogP contribution in [0.15, 0.2) is 0 Å². The summed E-state index contributed by atoms with van der Waals surface area (Å²) in [6.07, 6.45) is 3.05. The van der Waals surface area contributed by atoms with Crippen molar-refractivity contribution in [1.82, 2.24) is 10.2 Å². The molecule has 1 unspecified atom stereocenters. The molecule has 88 valence electrons. The Morgan fingerprint density at radius 2 is 2.27 bits per heavy atom. The summed E-state index contributed by atoms with van der Waals surface area (Å²) in [6.45, 7) is 11.1. The van der Waals surface area contributed by atoms with E-state index in [2.05, 4.69) is 31.0 Å². The third-order valence-corrected chi connectivity index (χ3v) is 3.28. The van der Waals surface area contributed by atoms with Gasteiger partial charge in [0.05, 0.1) is 11.7 Å². The Kier molecular flexibility index (Phi) is 3.33. The van der Waals surface area contributed by atoms with Gasteiger partial charge in [0.1, 0.15) is 0 Å². The molecule has 2 aliphatic heterocycles. The predicted molar refractivity (Wildman–Crippen MR) is 62.1 cm³/mol. The van der Waals surface area contributed by atoms with Crippen LogP contribution in [0.1, 0.15) is 33.6 Å². The maximum absolute atomic E-state index is 5.91. The Morgan fingerprint density at radius 1 is 1.47 bits per heavy atom. The molecule has 3 nitrogen and oxygen atoms in total. The fourth-order valence-corrected chi connectivity index (χ4v) is 2.95. The van der Waals surface area contributed by atoms with Crippen molar-refractivity contribution in [2.45, 2.75) is 51.4 Å². The first kappa shape index (κ1) is 11.4.